The number of carbonyl (C=O) groups is 7. The molecule has 15 heteroatoms. The Labute approximate surface area is 273 Å². The molecule has 0 spiro atoms. The Morgan fingerprint density at radius 3 is 1.98 bits per heavy atom. The molecule has 1 rings (SSSR count). The highest BCUT2D eigenvalue weighted by atomic mass is 16.5. The van der Waals surface area contributed by atoms with Crippen LogP contribution in [0.15, 0.2) is 42.5 Å². The van der Waals surface area contributed by atoms with Crippen LogP contribution in [0.1, 0.15) is 65.9 Å². The van der Waals surface area contributed by atoms with E-state index in [1.165, 1.54) is 6.08 Å². The third-order valence-corrected chi connectivity index (χ3v) is 6.98. The minimum atomic E-state index is -1.42. The van der Waals surface area contributed by atoms with Crippen molar-refractivity contribution in [3.63, 3.8) is 0 Å². The summed E-state index contributed by atoms with van der Waals surface area (Å²) in [4.78, 5) is 87.1. The van der Waals surface area contributed by atoms with E-state index in [1.54, 1.807) is 65.0 Å². The van der Waals surface area contributed by atoms with Gasteiger partial charge >= 0.3 is 24.0 Å². The van der Waals surface area contributed by atoms with Crippen molar-refractivity contribution in [2.75, 3.05) is 6.61 Å². The highest BCUT2D eigenvalue weighted by Crippen LogP contribution is 2.12. The maximum absolute atomic E-state index is 13.5. The van der Waals surface area contributed by atoms with Crippen LogP contribution in [0.4, 0.5) is 4.79 Å². The monoisotopic (exact) mass is 662 g/mol. The number of benzene rings is 1. The van der Waals surface area contributed by atoms with E-state index in [0.29, 0.717) is 6.42 Å². The van der Waals surface area contributed by atoms with Crippen LogP contribution in [0.25, 0.3) is 0 Å². The molecule has 1 aromatic carbocycles. The lowest BCUT2D eigenvalue weighted by Crippen LogP contribution is -2.59. The lowest BCUT2D eigenvalue weighted by Gasteiger charge is -2.29. The van der Waals surface area contributed by atoms with Gasteiger partial charge in [-0.1, -0.05) is 70.5 Å². The van der Waals surface area contributed by atoms with E-state index in [0.717, 1.165) is 11.6 Å². The van der Waals surface area contributed by atoms with E-state index in [4.69, 9.17) is 9.47 Å². The number of nitrogens with one attached hydrogen (secondary N) is 4. The van der Waals surface area contributed by atoms with Crippen LogP contribution in [0.3, 0.4) is 0 Å². The van der Waals surface area contributed by atoms with Crippen LogP contribution in [0.5, 0.6) is 0 Å². The summed E-state index contributed by atoms with van der Waals surface area (Å²) >= 11 is 0. The molecule has 0 heterocycles. The molecule has 0 aromatic heterocycles. The second-order valence-electron chi connectivity index (χ2n) is 11.1. The van der Waals surface area contributed by atoms with Crippen molar-refractivity contribution in [1.82, 2.24) is 21.3 Å². The number of carboxylic acid groups (broad SMARTS) is 2. The van der Waals surface area contributed by atoms with Gasteiger partial charge in [0.15, 0.2) is 0 Å². The molecule has 15 nitrogen and oxygen atoms in total. The highest BCUT2D eigenvalue weighted by molar-refractivity contribution is 5.94. The van der Waals surface area contributed by atoms with Crippen molar-refractivity contribution in [2.45, 2.75) is 91.1 Å². The predicted molar refractivity (Wildman–Crippen MR) is 169 cm³/mol. The standard InChI is InChI=1S/C32H46N4O11/c1-6-20(5)28(31(44)33-22(17-25(39)40)13-16-26(41)46-7-2)35-29(42)23(14-15-24(37)38)34-30(43)27(19(3)4)36-32(45)47-18-21-11-9-8-10-12-21/h8-13,16,19-20,22-23,27-28H,6-7,14-15,17-18H2,1-5H3,(H,33,44)(H,34,43)(H,35,42)(H,36,45)(H,37,38)(H,39,40)/b16-13+/t20?,22-,23+,27+,28+/m1/s1. The Morgan fingerprint density at radius 2 is 1.43 bits per heavy atom. The molecular weight excluding hydrogens is 616 g/mol. The van der Waals surface area contributed by atoms with E-state index in [1.807, 2.05) is 0 Å². The van der Waals surface area contributed by atoms with Gasteiger partial charge in [0.25, 0.3) is 0 Å². The smallest absolute Gasteiger partial charge is 0.408 e. The maximum atomic E-state index is 13.5. The van der Waals surface area contributed by atoms with Gasteiger partial charge in [-0.05, 0) is 30.7 Å². The molecule has 47 heavy (non-hydrogen) atoms. The van der Waals surface area contributed by atoms with E-state index in [-0.39, 0.29) is 19.6 Å². The fourth-order valence-corrected chi connectivity index (χ4v) is 4.19. The third kappa shape index (κ3) is 15.7. The molecule has 0 saturated carbocycles. The summed E-state index contributed by atoms with van der Waals surface area (Å²) in [5.41, 5.74) is 0.725. The molecule has 6 N–H and O–H groups in total. The van der Waals surface area contributed by atoms with E-state index in [2.05, 4.69) is 21.3 Å². The molecule has 1 unspecified atom stereocenters. The van der Waals surface area contributed by atoms with Crippen LogP contribution < -0.4 is 21.3 Å². The first-order chi connectivity index (χ1) is 22.2. The van der Waals surface area contributed by atoms with Crippen LogP contribution in [0.2, 0.25) is 0 Å². The van der Waals surface area contributed by atoms with Crippen molar-refractivity contribution < 1.29 is 53.2 Å². The molecule has 0 fully saturated rings. The zero-order valence-corrected chi connectivity index (χ0v) is 27.3. The zero-order valence-electron chi connectivity index (χ0n) is 27.3. The quantitative estimate of drug-likeness (QED) is 0.0873. The SMILES string of the molecule is CCOC(=O)/C=C/[C@H](CC(=O)O)NC(=O)[C@@H](NC(=O)[C@H](CCC(=O)O)NC(=O)[C@@H](NC(=O)OCc1ccccc1)C(C)C)C(C)CC. The van der Waals surface area contributed by atoms with Gasteiger partial charge in [0.2, 0.25) is 17.7 Å². The number of alkyl carbamates (subject to hydrolysis) is 1. The molecule has 0 aliphatic rings. The number of amides is 4. The average Bonchev–Trinajstić information content (AvgIpc) is 3.01. The van der Waals surface area contributed by atoms with Gasteiger partial charge in [0.05, 0.1) is 19.1 Å². The van der Waals surface area contributed by atoms with E-state index in [9.17, 15) is 43.8 Å². The Hall–Kier alpha value is -4.95. The molecule has 0 aliphatic heterocycles. The van der Waals surface area contributed by atoms with Crippen LogP contribution in [-0.2, 0) is 44.8 Å². The number of hydrogen-bond donors (Lipinski definition) is 6. The molecule has 5 atom stereocenters. The first-order valence-electron chi connectivity index (χ1n) is 15.3. The number of hydrogen-bond acceptors (Lipinski definition) is 9. The van der Waals surface area contributed by atoms with Crippen molar-refractivity contribution >= 4 is 41.7 Å². The minimum absolute atomic E-state index is 0.0479. The highest BCUT2D eigenvalue weighted by Gasteiger charge is 2.33. The third-order valence-electron chi connectivity index (χ3n) is 6.98. The van der Waals surface area contributed by atoms with Crippen molar-refractivity contribution in [3.8, 4) is 0 Å². The lowest BCUT2D eigenvalue weighted by atomic mass is 9.96. The molecular formula is C32H46N4O11. The Kier molecular flexibility index (Phi) is 17.9. The van der Waals surface area contributed by atoms with E-state index < -0.39 is 90.6 Å². The number of aliphatic carboxylic acids is 2. The van der Waals surface area contributed by atoms with Gasteiger partial charge in [-0.3, -0.25) is 24.0 Å². The Morgan fingerprint density at radius 1 is 0.787 bits per heavy atom. The topological polar surface area (TPSA) is 227 Å². The summed E-state index contributed by atoms with van der Waals surface area (Å²) in [6, 6.07) is 3.93. The maximum Gasteiger partial charge on any atom is 0.408 e. The van der Waals surface area contributed by atoms with Gasteiger partial charge in [-0.2, -0.15) is 0 Å². The second-order valence-corrected chi connectivity index (χ2v) is 11.1. The van der Waals surface area contributed by atoms with Gasteiger partial charge in [-0.15, -0.1) is 0 Å². The van der Waals surface area contributed by atoms with Crippen molar-refractivity contribution in [2.24, 2.45) is 11.8 Å². The Balaban J connectivity index is 3.12. The largest absolute Gasteiger partial charge is 0.481 e. The van der Waals surface area contributed by atoms with Gasteiger partial charge < -0.3 is 41.0 Å². The summed E-state index contributed by atoms with van der Waals surface area (Å²) in [7, 11) is 0. The molecule has 0 bridgehead atoms. The van der Waals surface area contributed by atoms with Crippen LogP contribution in [-0.4, -0.2) is 82.7 Å². The van der Waals surface area contributed by atoms with Crippen LogP contribution >= 0.6 is 0 Å². The second kappa shape index (κ2) is 21.0. The molecule has 1 aromatic rings. The van der Waals surface area contributed by atoms with Crippen LogP contribution in [0, 0.1) is 11.8 Å². The number of carboxylic acids is 2. The van der Waals surface area contributed by atoms with Gasteiger partial charge in [0, 0.05) is 12.5 Å². The summed E-state index contributed by atoms with van der Waals surface area (Å²) in [6.45, 7) is 8.36. The number of rotatable bonds is 20. The first kappa shape index (κ1) is 40.1. The molecule has 0 saturated heterocycles. The number of carbonyl (C=O) groups excluding carboxylic acids is 5. The fraction of sp³-hybridized carbons (Fsp3) is 0.531. The lowest BCUT2D eigenvalue weighted by molar-refractivity contribution is -0.139. The van der Waals surface area contributed by atoms with Gasteiger partial charge in [0.1, 0.15) is 24.7 Å². The molecule has 0 radical (unpaired) electrons. The number of esters is 1. The van der Waals surface area contributed by atoms with Gasteiger partial charge in [-0.25, -0.2) is 9.59 Å². The summed E-state index contributed by atoms with van der Waals surface area (Å²) in [5.74, 6) is -6.60. The van der Waals surface area contributed by atoms with E-state index >= 15 is 0 Å². The fourth-order valence-electron chi connectivity index (χ4n) is 4.19. The zero-order chi connectivity index (χ0) is 35.5. The normalized spacial score (nSPS) is 14.2. The van der Waals surface area contributed by atoms with Crippen molar-refractivity contribution in [3.05, 3.63) is 48.0 Å². The molecule has 4 amide bonds. The molecule has 260 valence electrons. The first-order valence-corrected chi connectivity index (χ1v) is 15.3. The minimum Gasteiger partial charge on any atom is -0.481 e. The Bertz CT molecular complexity index is 1250. The predicted octanol–water partition coefficient (Wildman–Crippen LogP) is 1.90. The van der Waals surface area contributed by atoms with Crippen molar-refractivity contribution in [1.29, 1.82) is 0 Å². The summed E-state index contributed by atoms with van der Waals surface area (Å²) in [6.07, 6.45) is 0.262. The molecule has 0 aliphatic carbocycles. The summed E-state index contributed by atoms with van der Waals surface area (Å²) in [5, 5.41) is 28.6. The average molecular weight is 663 g/mol. The number of ether oxygens (including phenoxy) is 2. The summed E-state index contributed by atoms with van der Waals surface area (Å²) < 4.78 is 10.00.